The number of esters is 1. The van der Waals surface area contributed by atoms with Crippen molar-refractivity contribution in [3.63, 3.8) is 0 Å². The number of carbonyl (C=O) groups excluding carboxylic acids is 1. The first-order valence-electron chi connectivity index (χ1n) is 10.1. The zero-order valence-electron chi connectivity index (χ0n) is 17.3. The number of hydrogen-bond acceptors (Lipinski definition) is 4. The Hall–Kier alpha value is -2.90. The lowest BCUT2D eigenvalue weighted by Gasteiger charge is -2.28. The summed E-state index contributed by atoms with van der Waals surface area (Å²) in [5.41, 5.74) is 3.80. The van der Waals surface area contributed by atoms with E-state index < -0.39 is 0 Å². The first-order chi connectivity index (χ1) is 15.0. The molecule has 2 unspecified atom stereocenters. The summed E-state index contributed by atoms with van der Waals surface area (Å²) in [6.07, 6.45) is 3.75. The van der Waals surface area contributed by atoms with Crippen LogP contribution in [0.1, 0.15) is 36.0 Å². The molecule has 2 aromatic heterocycles. The number of hydrogen-bond donors (Lipinski definition) is 1. The minimum absolute atomic E-state index is 0.0541. The van der Waals surface area contributed by atoms with Crippen molar-refractivity contribution >= 4 is 34.9 Å². The maximum absolute atomic E-state index is 12.4. The first-order valence-corrected chi connectivity index (χ1v) is 10.9. The Bertz CT molecular complexity index is 1100. The average molecular weight is 455 g/mol. The number of benzene rings is 1. The molecular formula is C23H23ClN4O2S. The molecule has 1 aliphatic heterocycles. The van der Waals surface area contributed by atoms with Crippen LogP contribution < -0.4 is 5.32 Å². The zero-order chi connectivity index (χ0) is 22.0. The van der Waals surface area contributed by atoms with Gasteiger partial charge in [-0.15, -0.1) is 0 Å². The standard InChI is InChI=1S/C23H23ClN4O2S/c1-3-30-20(29)14-28-22(21(26-23(28)31)18-7-4-5-11-25-18)19-8-6-12-27(19)16-9-10-17(24)15(2)13-16/h4-13,21-22H,3,14H2,1-2H3,(H,26,31). The lowest BCUT2D eigenvalue weighted by molar-refractivity contribution is -0.143. The third kappa shape index (κ3) is 4.29. The molecule has 0 aliphatic carbocycles. The van der Waals surface area contributed by atoms with Crippen molar-refractivity contribution in [2.45, 2.75) is 25.9 Å². The Kier molecular flexibility index (Phi) is 6.25. The van der Waals surface area contributed by atoms with Gasteiger partial charge in [-0.25, -0.2) is 0 Å². The van der Waals surface area contributed by atoms with Crippen molar-refractivity contribution in [1.82, 2.24) is 19.8 Å². The molecule has 1 fully saturated rings. The summed E-state index contributed by atoms with van der Waals surface area (Å²) in [4.78, 5) is 18.8. The van der Waals surface area contributed by atoms with E-state index in [1.165, 1.54) is 0 Å². The molecule has 3 aromatic rings. The van der Waals surface area contributed by atoms with Crippen LogP contribution in [0.3, 0.4) is 0 Å². The lowest BCUT2D eigenvalue weighted by atomic mass is 10.0. The fourth-order valence-corrected chi connectivity index (χ4v) is 4.31. The second-order valence-corrected chi connectivity index (χ2v) is 8.09. The highest BCUT2D eigenvalue weighted by atomic mass is 35.5. The predicted octanol–water partition coefficient (Wildman–Crippen LogP) is 4.37. The van der Waals surface area contributed by atoms with E-state index in [-0.39, 0.29) is 24.6 Å². The summed E-state index contributed by atoms with van der Waals surface area (Å²) in [7, 11) is 0. The average Bonchev–Trinajstić information content (AvgIpc) is 3.36. The molecular weight excluding hydrogens is 432 g/mol. The van der Waals surface area contributed by atoms with Crippen molar-refractivity contribution in [2.75, 3.05) is 13.2 Å². The summed E-state index contributed by atoms with van der Waals surface area (Å²) in [6, 6.07) is 15.2. The Labute approximate surface area is 191 Å². The normalized spacial score (nSPS) is 18.2. The van der Waals surface area contributed by atoms with Gasteiger partial charge in [0.1, 0.15) is 6.54 Å². The van der Waals surface area contributed by atoms with E-state index >= 15 is 0 Å². The van der Waals surface area contributed by atoms with Crippen LogP contribution in [-0.2, 0) is 9.53 Å². The van der Waals surface area contributed by atoms with Crippen LogP contribution in [-0.4, -0.2) is 38.7 Å². The SMILES string of the molecule is CCOC(=O)CN1C(=S)NC(c2ccccn2)C1c1cccn1-c1ccc(Cl)c(C)c1. The molecule has 1 aliphatic rings. The zero-order valence-corrected chi connectivity index (χ0v) is 18.9. The lowest BCUT2D eigenvalue weighted by Crippen LogP contribution is -2.36. The molecule has 8 heteroatoms. The summed E-state index contributed by atoms with van der Waals surface area (Å²) in [5, 5.41) is 4.57. The van der Waals surface area contributed by atoms with Crippen LogP contribution in [0.2, 0.25) is 5.02 Å². The first kappa shape index (κ1) is 21.3. The molecule has 31 heavy (non-hydrogen) atoms. The van der Waals surface area contributed by atoms with Gasteiger partial charge in [-0.05, 0) is 74.1 Å². The van der Waals surface area contributed by atoms with E-state index in [1.807, 2.05) is 66.6 Å². The van der Waals surface area contributed by atoms with E-state index in [9.17, 15) is 4.79 Å². The van der Waals surface area contributed by atoms with Gasteiger partial charge in [0.05, 0.1) is 24.4 Å². The Morgan fingerprint density at radius 1 is 1.26 bits per heavy atom. The van der Waals surface area contributed by atoms with Crippen molar-refractivity contribution in [1.29, 1.82) is 0 Å². The molecule has 0 radical (unpaired) electrons. The number of pyridine rings is 1. The van der Waals surface area contributed by atoms with Crippen molar-refractivity contribution in [3.8, 4) is 5.69 Å². The molecule has 1 aromatic carbocycles. The van der Waals surface area contributed by atoms with Crippen molar-refractivity contribution in [2.24, 2.45) is 0 Å². The molecule has 3 heterocycles. The van der Waals surface area contributed by atoms with Gasteiger partial charge in [-0.3, -0.25) is 9.78 Å². The number of halogens is 1. The minimum atomic E-state index is -0.321. The third-order valence-electron chi connectivity index (χ3n) is 5.31. The van der Waals surface area contributed by atoms with Crippen molar-refractivity contribution in [3.05, 3.63) is 82.9 Å². The number of nitrogens with one attached hydrogen (secondary N) is 1. The Balaban J connectivity index is 1.79. The van der Waals surface area contributed by atoms with Crippen LogP contribution in [0.4, 0.5) is 0 Å². The molecule has 4 rings (SSSR count). The van der Waals surface area contributed by atoms with E-state index in [2.05, 4.69) is 14.9 Å². The Morgan fingerprint density at radius 2 is 2.10 bits per heavy atom. The molecule has 160 valence electrons. The second-order valence-electron chi connectivity index (χ2n) is 7.30. The molecule has 0 amide bonds. The fourth-order valence-electron chi connectivity index (χ4n) is 3.89. The van der Waals surface area contributed by atoms with Gasteiger partial charge in [0.2, 0.25) is 0 Å². The highest BCUT2D eigenvalue weighted by Gasteiger charge is 2.42. The Morgan fingerprint density at radius 3 is 2.81 bits per heavy atom. The van der Waals surface area contributed by atoms with Gasteiger partial charge in [0, 0.05) is 28.8 Å². The molecule has 0 bridgehead atoms. The molecule has 0 spiro atoms. The summed E-state index contributed by atoms with van der Waals surface area (Å²) in [6.45, 7) is 4.14. The third-order valence-corrected chi connectivity index (χ3v) is 6.08. The van der Waals surface area contributed by atoms with Crippen LogP contribution in [0, 0.1) is 6.92 Å². The van der Waals surface area contributed by atoms with E-state index in [4.69, 9.17) is 28.6 Å². The van der Waals surface area contributed by atoms with E-state index in [0.717, 1.165) is 27.7 Å². The molecule has 0 saturated carbocycles. The monoisotopic (exact) mass is 454 g/mol. The van der Waals surface area contributed by atoms with Crippen LogP contribution in [0.15, 0.2) is 60.9 Å². The summed E-state index contributed by atoms with van der Waals surface area (Å²) >= 11 is 11.9. The van der Waals surface area contributed by atoms with Gasteiger partial charge < -0.3 is 19.5 Å². The maximum atomic E-state index is 12.4. The molecule has 6 nitrogen and oxygen atoms in total. The molecule has 1 N–H and O–H groups in total. The van der Waals surface area contributed by atoms with Gasteiger partial charge in [-0.1, -0.05) is 17.7 Å². The largest absolute Gasteiger partial charge is 0.465 e. The quantitative estimate of drug-likeness (QED) is 0.441. The van der Waals surface area contributed by atoms with Gasteiger partial charge in [0.25, 0.3) is 0 Å². The number of nitrogens with zero attached hydrogens (tertiary/aromatic N) is 3. The number of thiocarbonyl (C=S) groups is 1. The van der Waals surface area contributed by atoms with Crippen LogP contribution in [0.25, 0.3) is 5.69 Å². The van der Waals surface area contributed by atoms with Gasteiger partial charge in [0.15, 0.2) is 5.11 Å². The topological polar surface area (TPSA) is 59.4 Å². The highest BCUT2D eigenvalue weighted by Crippen LogP contribution is 2.39. The minimum Gasteiger partial charge on any atom is -0.465 e. The van der Waals surface area contributed by atoms with Crippen molar-refractivity contribution < 1.29 is 9.53 Å². The predicted molar refractivity (Wildman–Crippen MR) is 124 cm³/mol. The van der Waals surface area contributed by atoms with Gasteiger partial charge >= 0.3 is 5.97 Å². The maximum Gasteiger partial charge on any atom is 0.325 e. The highest BCUT2D eigenvalue weighted by molar-refractivity contribution is 7.80. The number of aromatic nitrogens is 2. The fraction of sp³-hybridized carbons (Fsp3) is 0.261. The summed E-state index contributed by atoms with van der Waals surface area (Å²) in [5.74, 6) is -0.321. The molecule has 1 saturated heterocycles. The van der Waals surface area contributed by atoms with E-state index in [0.29, 0.717) is 11.7 Å². The van der Waals surface area contributed by atoms with Crippen LogP contribution in [0.5, 0.6) is 0 Å². The number of ether oxygens (including phenoxy) is 1. The van der Waals surface area contributed by atoms with Gasteiger partial charge in [-0.2, -0.15) is 0 Å². The van der Waals surface area contributed by atoms with E-state index in [1.54, 1.807) is 13.1 Å². The molecule has 2 atom stereocenters. The van der Waals surface area contributed by atoms with Crippen LogP contribution >= 0.6 is 23.8 Å². The number of rotatable bonds is 6. The second kappa shape index (κ2) is 9.08. The number of carbonyl (C=O) groups is 1. The smallest absolute Gasteiger partial charge is 0.325 e. The number of aryl methyl sites for hydroxylation is 1. The summed E-state index contributed by atoms with van der Waals surface area (Å²) < 4.78 is 7.29.